The van der Waals surface area contributed by atoms with Gasteiger partial charge >= 0.3 is 0 Å². The second kappa shape index (κ2) is 8.97. The summed E-state index contributed by atoms with van der Waals surface area (Å²) in [6.07, 6.45) is 12.2. The molecule has 1 aliphatic rings. The molecule has 2 heteroatoms. The van der Waals surface area contributed by atoms with Crippen LogP contribution in [0.2, 0.25) is 0 Å². The van der Waals surface area contributed by atoms with Crippen LogP contribution in [0.1, 0.15) is 78.6 Å². The summed E-state index contributed by atoms with van der Waals surface area (Å²) < 4.78 is 0. The lowest BCUT2D eigenvalue weighted by Crippen LogP contribution is -2.56. The Morgan fingerprint density at radius 3 is 2.26 bits per heavy atom. The molecule has 0 aromatic carbocycles. The van der Waals surface area contributed by atoms with Gasteiger partial charge in [0.1, 0.15) is 0 Å². The first-order valence-corrected chi connectivity index (χ1v) is 8.67. The summed E-state index contributed by atoms with van der Waals surface area (Å²) in [5.41, 5.74) is 6.52. The summed E-state index contributed by atoms with van der Waals surface area (Å²) in [6, 6.07) is 0. The van der Waals surface area contributed by atoms with Crippen molar-refractivity contribution in [1.82, 2.24) is 4.90 Å². The predicted octanol–water partition coefficient (Wildman–Crippen LogP) is 4.19. The van der Waals surface area contributed by atoms with Crippen LogP contribution in [0.15, 0.2) is 0 Å². The predicted molar refractivity (Wildman–Crippen MR) is 85.4 cm³/mol. The minimum atomic E-state index is 0.326. The molecule has 1 rings (SSSR count). The van der Waals surface area contributed by atoms with E-state index in [2.05, 4.69) is 25.7 Å². The normalized spacial score (nSPS) is 20.7. The van der Waals surface area contributed by atoms with Crippen LogP contribution >= 0.6 is 0 Å². The van der Waals surface area contributed by atoms with E-state index in [1.54, 1.807) is 0 Å². The van der Waals surface area contributed by atoms with Crippen molar-refractivity contribution >= 4 is 0 Å². The molecule has 0 amide bonds. The lowest BCUT2D eigenvalue weighted by molar-refractivity contribution is 0.0450. The largest absolute Gasteiger partial charge is 0.329 e. The summed E-state index contributed by atoms with van der Waals surface area (Å²) in [7, 11) is 0. The van der Waals surface area contributed by atoms with Crippen LogP contribution in [0, 0.1) is 5.92 Å². The van der Waals surface area contributed by atoms with Gasteiger partial charge in [-0.15, -0.1) is 0 Å². The van der Waals surface area contributed by atoms with Gasteiger partial charge in [-0.25, -0.2) is 0 Å². The first kappa shape index (κ1) is 17.0. The first-order valence-electron chi connectivity index (χ1n) is 8.67. The number of likely N-dealkylation sites (N-methyl/N-ethyl adjacent to an activating group) is 1. The molecule has 0 aliphatic heterocycles. The van der Waals surface area contributed by atoms with Crippen LogP contribution in [-0.4, -0.2) is 30.1 Å². The van der Waals surface area contributed by atoms with Gasteiger partial charge in [-0.1, -0.05) is 59.3 Å². The Kier molecular flexibility index (Phi) is 8.01. The van der Waals surface area contributed by atoms with E-state index >= 15 is 0 Å². The van der Waals surface area contributed by atoms with Crippen LogP contribution in [0.4, 0.5) is 0 Å². The molecule has 1 atom stereocenters. The number of nitrogens with two attached hydrogens (primary N) is 1. The van der Waals surface area contributed by atoms with Gasteiger partial charge in [-0.2, -0.15) is 0 Å². The minimum Gasteiger partial charge on any atom is -0.329 e. The summed E-state index contributed by atoms with van der Waals surface area (Å²) in [5.74, 6) is 0.866. The topological polar surface area (TPSA) is 29.3 Å². The van der Waals surface area contributed by atoms with Crippen molar-refractivity contribution in [3.05, 3.63) is 0 Å². The van der Waals surface area contributed by atoms with Crippen molar-refractivity contribution in [1.29, 1.82) is 0 Å². The number of rotatable bonds is 9. The fraction of sp³-hybridized carbons (Fsp3) is 1.00. The average molecular weight is 268 g/mol. The molecule has 0 aromatic heterocycles. The van der Waals surface area contributed by atoms with E-state index in [1.165, 1.54) is 70.9 Å². The second-order valence-electron chi connectivity index (χ2n) is 6.44. The van der Waals surface area contributed by atoms with Crippen LogP contribution in [0.3, 0.4) is 0 Å². The minimum absolute atomic E-state index is 0.326. The molecule has 1 saturated carbocycles. The lowest BCUT2D eigenvalue weighted by atomic mass is 9.79. The molecule has 0 saturated heterocycles. The number of nitrogens with zero attached hydrogens (tertiary/aromatic N) is 1. The van der Waals surface area contributed by atoms with E-state index in [0.29, 0.717) is 5.54 Å². The van der Waals surface area contributed by atoms with Crippen molar-refractivity contribution in [2.45, 2.75) is 84.1 Å². The summed E-state index contributed by atoms with van der Waals surface area (Å²) in [6.45, 7) is 10.3. The SMILES string of the molecule is CCCCC(CC)CN(CC)C1(CN)CCCCC1. The monoisotopic (exact) mass is 268 g/mol. The number of unbranched alkanes of at least 4 members (excludes halogenated alkanes) is 1. The van der Waals surface area contributed by atoms with Crippen LogP contribution in [-0.2, 0) is 0 Å². The van der Waals surface area contributed by atoms with Crippen LogP contribution < -0.4 is 5.73 Å². The van der Waals surface area contributed by atoms with Crippen molar-refractivity contribution in [3.63, 3.8) is 0 Å². The summed E-state index contributed by atoms with van der Waals surface area (Å²) >= 11 is 0. The molecular formula is C17H36N2. The zero-order chi connectivity index (χ0) is 14.1. The molecule has 0 radical (unpaired) electrons. The molecule has 0 heterocycles. The standard InChI is InChI=1S/C17H36N2/c1-4-7-11-16(5-2)14-19(6-3)17(15-18)12-9-8-10-13-17/h16H,4-15,18H2,1-3H3. The van der Waals surface area contributed by atoms with Crippen LogP contribution in [0.5, 0.6) is 0 Å². The molecule has 0 bridgehead atoms. The molecular weight excluding hydrogens is 232 g/mol. The number of hydrogen-bond donors (Lipinski definition) is 1. The Morgan fingerprint density at radius 1 is 1.11 bits per heavy atom. The van der Waals surface area contributed by atoms with Gasteiger partial charge < -0.3 is 5.73 Å². The van der Waals surface area contributed by atoms with Crippen LogP contribution in [0.25, 0.3) is 0 Å². The van der Waals surface area contributed by atoms with Gasteiger partial charge in [0.15, 0.2) is 0 Å². The lowest BCUT2D eigenvalue weighted by Gasteiger charge is -2.47. The zero-order valence-corrected chi connectivity index (χ0v) is 13.6. The Morgan fingerprint density at radius 2 is 1.79 bits per heavy atom. The molecule has 0 spiro atoms. The van der Waals surface area contributed by atoms with E-state index in [1.807, 2.05) is 0 Å². The Balaban J connectivity index is 2.62. The van der Waals surface area contributed by atoms with E-state index in [-0.39, 0.29) is 0 Å². The first-order chi connectivity index (χ1) is 9.22. The van der Waals surface area contributed by atoms with Crippen molar-refractivity contribution in [2.24, 2.45) is 11.7 Å². The summed E-state index contributed by atoms with van der Waals surface area (Å²) in [5, 5.41) is 0. The average Bonchev–Trinajstić information content (AvgIpc) is 2.48. The van der Waals surface area contributed by atoms with Gasteiger partial charge in [0.25, 0.3) is 0 Å². The fourth-order valence-corrected chi connectivity index (χ4v) is 3.75. The van der Waals surface area contributed by atoms with Gasteiger partial charge in [-0.05, 0) is 31.7 Å². The summed E-state index contributed by atoms with van der Waals surface area (Å²) in [4.78, 5) is 2.73. The van der Waals surface area contributed by atoms with Gasteiger partial charge in [0.05, 0.1) is 0 Å². The quantitative estimate of drug-likeness (QED) is 0.679. The van der Waals surface area contributed by atoms with E-state index in [4.69, 9.17) is 5.73 Å². The smallest absolute Gasteiger partial charge is 0.0331 e. The molecule has 114 valence electrons. The maximum Gasteiger partial charge on any atom is 0.0331 e. The Bertz CT molecular complexity index is 221. The van der Waals surface area contributed by atoms with E-state index in [9.17, 15) is 0 Å². The van der Waals surface area contributed by atoms with Crippen molar-refractivity contribution < 1.29 is 0 Å². The highest BCUT2D eigenvalue weighted by molar-refractivity contribution is 4.94. The highest BCUT2D eigenvalue weighted by atomic mass is 15.2. The molecule has 19 heavy (non-hydrogen) atoms. The van der Waals surface area contributed by atoms with E-state index in [0.717, 1.165) is 12.5 Å². The highest BCUT2D eigenvalue weighted by Gasteiger charge is 2.36. The Labute approximate surface area is 121 Å². The van der Waals surface area contributed by atoms with Gasteiger partial charge in [0, 0.05) is 18.6 Å². The maximum absolute atomic E-state index is 6.19. The third-order valence-corrected chi connectivity index (χ3v) is 5.24. The zero-order valence-electron chi connectivity index (χ0n) is 13.6. The molecule has 0 aromatic rings. The second-order valence-corrected chi connectivity index (χ2v) is 6.44. The Hall–Kier alpha value is -0.0800. The molecule has 2 nitrogen and oxygen atoms in total. The highest BCUT2D eigenvalue weighted by Crippen LogP contribution is 2.34. The van der Waals surface area contributed by atoms with Gasteiger partial charge in [0.2, 0.25) is 0 Å². The molecule has 1 fully saturated rings. The maximum atomic E-state index is 6.19. The van der Waals surface area contributed by atoms with Crippen molar-refractivity contribution in [3.8, 4) is 0 Å². The van der Waals surface area contributed by atoms with Gasteiger partial charge in [-0.3, -0.25) is 4.90 Å². The molecule has 1 unspecified atom stereocenters. The third-order valence-electron chi connectivity index (χ3n) is 5.24. The molecule has 2 N–H and O–H groups in total. The van der Waals surface area contributed by atoms with Crippen molar-refractivity contribution in [2.75, 3.05) is 19.6 Å². The number of hydrogen-bond acceptors (Lipinski definition) is 2. The molecule has 1 aliphatic carbocycles. The third kappa shape index (κ3) is 4.75. The fourth-order valence-electron chi connectivity index (χ4n) is 3.75. The van der Waals surface area contributed by atoms with E-state index < -0.39 is 0 Å².